The Bertz CT molecular complexity index is 800. The van der Waals surface area contributed by atoms with Crippen molar-refractivity contribution in [2.75, 3.05) is 40.9 Å². The van der Waals surface area contributed by atoms with Crippen LogP contribution in [0.5, 0.6) is 5.88 Å². The Hall–Kier alpha value is -1.77. The molecule has 0 saturated carbocycles. The van der Waals surface area contributed by atoms with E-state index in [4.69, 9.17) is 9.47 Å². The van der Waals surface area contributed by atoms with Gasteiger partial charge in [0.25, 0.3) is 5.91 Å². The van der Waals surface area contributed by atoms with E-state index >= 15 is 0 Å². The van der Waals surface area contributed by atoms with Crippen LogP contribution in [0, 0.1) is 12.8 Å². The number of nitrogens with zero attached hydrogens (tertiary/aromatic N) is 3. The van der Waals surface area contributed by atoms with Crippen LogP contribution in [0.4, 0.5) is 0 Å². The summed E-state index contributed by atoms with van der Waals surface area (Å²) in [5, 5.41) is 3.89. The first kappa shape index (κ1) is 20.0. The number of carbonyl (C=O) groups excluding carboxylic acids is 1. The number of hydrogen-bond acceptors (Lipinski definition) is 7. The van der Waals surface area contributed by atoms with Crippen LogP contribution < -0.4 is 10.1 Å². The smallest absolute Gasteiger partial charge is 0.261 e. The second-order valence-electron chi connectivity index (χ2n) is 7.11. The van der Waals surface area contributed by atoms with Gasteiger partial charge in [-0.1, -0.05) is 0 Å². The van der Waals surface area contributed by atoms with E-state index < -0.39 is 0 Å². The molecule has 0 aromatic carbocycles. The minimum atomic E-state index is -0.0428. The number of likely N-dealkylation sites (tertiary alicyclic amines) is 1. The van der Waals surface area contributed by atoms with Gasteiger partial charge in [0.05, 0.1) is 17.4 Å². The zero-order valence-corrected chi connectivity index (χ0v) is 17.3. The molecule has 1 amide bonds. The molecule has 2 aromatic rings. The molecule has 1 aliphatic heterocycles. The number of amides is 1. The summed E-state index contributed by atoms with van der Waals surface area (Å²) < 4.78 is 10.5. The molecule has 0 aliphatic carbocycles. The highest BCUT2D eigenvalue weighted by molar-refractivity contribution is 7.20. The Morgan fingerprint density at radius 2 is 2.04 bits per heavy atom. The standard InChI is InChI=1S/C19H28N4O3S/c1-12-15-18(26-4)21-14(11-25-3)22-19(15)27-16(12)17(24)20-8-5-13-6-9-23(2)10-7-13/h13H,5-11H2,1-4H3,(H,20,24). The average molecular weight is 393 g/mol. The summed E-state index contributed by atoms with van der Waals surface area (Å²) in [4.78, 5) is 25.4. The van der Waals surface area contributed by atoms with Gasteiger partial charge < -0.3 is 19.7 Å². The van der Waals surface area contributed by atoms with Crippen LogP contribution in [0.25, 0.3) is 10.2 Å². The number of ether oxygens (including phenoxy) is 2. The fourth-order valence-electron chi connectivity index (χ4n) is 3.52. The Morgan fingerprint density at radius 1 is 1.30 bits per heavy atom. The molecular formula is C19H28N4O3S. The highest BCUT2D eigenvalue weighted by Crippen LogP contribution is 2.35. The Kier molecular flexibility index (Phi) is 6.62. The fraction of sp³-hybridized carbons (Fsp3) is 0.632. The number of fused-ring (bicyclic) bond motifs is 1. The molecule has 2 aromatic heterocycles. The van der Waals surface area contributed by atoms with Crippen molar-refractivity contribution in [3.05, 3.63) is 16.3 Å². The summed E-state index contributed by atoms with van der Waals surface area (Å²) in [6.07, 6.45) is 3.46. The van der Waals surface area contributed by atoms with Crippen molar-refractivity contribution < 1.29 is 14.3 Å². The van der Waals surface area contributed by atoms with E-state index in [0.29, 0.717) is 35.7 Å². The lowest BCUT2D eigenvalue weighted by Crippen LogP contribution is -2.32. The quantitative estimate of drug-likeness (QED) is 0.781. The molecule has 1 aliphatic rings. The van der Waals surface area contributed by atoms with Gasteiger partial charge in [-0.3, -0.25) is 4.79 Å². The third-order valence-corrected chi connectivity index (χ3v) is 6.34. The summed E-state index contributed by atoms with van der Waals surface area (Å²) in [5.74, 6) is 1.70. The monoisotopic (exact) mass is 392 g/mol. The van der Waals surface area contributed by atoms with Gasteiger partial charge in [0.15, 0.2) is 5.82 Å². The van der Waals surface area contributed by atoms with E-state index in [9.17, 15) is 4.79 Å². The Morgan fingerprint density at radius 3 is 2.70 bits per heavy atom. The summed E-state index contributed by atoms with van der Waals surface area (Å²) in [6.45, 7) is 5.24. The van der Waals surface area contributed by atoms with Crippen molar-refractivity contribution in [1.82, 2.24) is 20.2 Å². The second kappa shape index (κ2) is 8.95. The highest BCUT2D eigenvalue weighted by atomic mass is 32.1. The number of aromatic nitrogens is 2. The molecule has 27 heavy (non-hydrogen) atoms. The van der Waals surface area contributed by atoms with Gasteiger partial charge in [-0.2, -0.15) is 4.98 Å². The molecule has 3 heterocycles. The van der Waals surface area contributed by atoms with Gasteiger partial charge in [0.2, 0.25) is 5.88 Å². The van der Waals surface area contributed by atoms with Crippen molar-refractivity contribution in [2.45, 2.75) is 32.8 Å². The van der Waals surface area contributed by atoms with Crippen molar-refractivity contribution in [2.24, 2.45) is 5.92 Å². The van der Waals surface area contributed by atoms with E-state index in [1.54, 1.807) is 14.2 Å². The molecule has 3 rings (SSSR count). The number of piperidine rings is 1. The summed E-state index contributed by atoms with van der Waals surface area (Å²) in [6, 6.07) is 0. The first-order valence-electron chi connectivity index (χ1n) is 9.33. The molecule has 0 atom stereocenters. The maximum atomic E-state index is 12.7. The second-order valence-corrected chi connectivity index (χ2v) is 8.11. The molecule has 1 N–H and O–H groups in total. The molecular weight excluding hydrogens is 364 g/mol. The lowest BCUT2D eigenvalue weighted by atomic mass is 9.94. The predicted molar refractivity (Wildman–Crippen MR) is 107 cm³/mol. The van der Waals surface area contributed by atoms with E-state index in [1.165, 1.54) is 24.2 Å². The molecule has 8 heteroatoms. The molecule has 0 spiro atoms. The normalized spacial score (nSPS) is 16.0. The number of carbonyl (C=O) groups is 1. The van der Waals surface area contributed by atoms with Crippen molar-refractivity contribution in [3.8, 4) is 5.88 Å². The van der Waals surface area contributed by atoms with E-state index in [-0.39, 0.29) is 5.91 Å². The van der Waals surface area contributed by atoms with Gasteiger partial charge in [0.1, 0.15) is 11.4 Å². The Balaban J connectivity index is 1.70. The number of rotatable bonds is 7. The van der Waals surface area contributed by atoms with Gasteiger partial charge in [-0.05, 0) is 57.8 Å². The summed E-state index contributed by atoms with van der Waals surface area (Å²) in [7, 11) is 5.34. The van der Waals surface area contributed by atoms with Crippen LogP contribution in [-0.4, -0.2) is 61.7 Å². The zero-order chi connectivity index (χ0) is 19.4. The number of aryl methyl sites for hydroxylation is 1. The van der Waals surface area contributed by atoms with Gasteiger partial charge in [-0.15, -0.1) is 11.3 Å². The number of hydrogen-bond donors (Lipinski definition) is 1. The SMILES string of the molecule is COCc1nc(OC)c2c(C)c(C(=O)NCCC3CCN(C)CC3)sc2n1. The predicted octanol–water partition coefficient (Wildman–Crippen LogP) is 2.62. The fourth-order valence-corrected chi connectivity index (χ4v) is 4.63. The van der Waals surface area contributed by atoms with Gasteiger partial charge in [0, 0.05) is 13.7 Å². The first-order valence-corrected chi connectivity index (χ1v) is 10.1. The number of nitrogens with one attached hydrogen (secondary N) is 1. The first-order chi connectivity index (χ1) is 13.0. The lowest BCUT2D eigenvalue weighted by molar-refractivity contribution is 0.0952. The Labute approximate surface area is 164 Å². The van der Waals surface area contributed by atoms with Gasteiger partial charge in [-0.25, -0.2) is 4.98 Å². The van der Waals surface area contributed by atoms with E-state index in [0.717, 1.165) is 35.3 Å². The van der Waals surface area contributed by atoms with Crippen molar-refractivity contribution in [1.29, 1.82) is 0 Å². The van der Waals surface area contributed by atoms with Crippen LogP contribution in [0.3, 0.4) is 0 Å². The molecule has 148 valence electrons. The summed E-state index contributed by atoms with van der Waals surface area (Å²) in [5.41, 5.74) is 0.868. The molecule has 0 bridgehead atoms. The van der Waals surface area contributed by atoms with Gasteiger partial charge >= 0.3 is 0 Å². The number of thiophene rings is 1. The van der Waals surface area contributed by atoms with Crippen LogP contribution >= 0.6 is 11.3 Å². The number of methoxy groups -OCH3 is 2. The van der Waals surface area contributed by atoms with E-state index in [1.807, 2.05) is 6.92 Å². The lowest BCUT2D eigenvalue weighted by Gasteiger charge is -2.28. The maximum absolute atomic E-state index is 12.7. The van der Waals surface area contributed by atoms with Crippen LogP contribution in [0.2, 0.25) is 0 Å². The van der Waals surface area contributed by atoms with Crippen LogP contribution in [-0.2, 0) is 11.3 Å². The van der Waals surface area contributed by atoms with Crippen molar-refractivity contribution >= 4 is 27.5 Å². The minimum absolute atomic E-state index is 0.0428. The minimum Gasteiger partial charge on any atom is -0.480 e. The van der Waals surface area contributed by atoms with E-state index in [2.05, 4.69) is 27.2 Å². The maximum Gasteiger partial charge on any atom is 0.261 e. The topological polar surface area (TPSA) is 76.6 Å². The average Bonchev–Trinajstić information content (AvgIpc) is 2.99. The molecule has 0 radical (unpaired) electrons. The highest BCUT2D eigenvalue weighted by Gasteiger charge is 2.22. The molecule has 1 saturated heterocycles. The molecule has 7 nitrogen and oxygen atoms in total. The summed E-state index contributed by atoms with van der Waals surface area (Å²) >= 11 is 1.38. The van der Waals surface area contributed by atoms with Crippen molar-refractivity contribution in [3.63, 3.8) is 0 Å². The molecule has 0 unspecified atom stereocenters. The van der Waals surface area contributed by atoms with Crippen LogP contribution in [0.1, 0.15) is 40.3 Å². The third-order valence-electron chi connectivity index (χ3n) is 5.15. The van der Waals surface area contributed by atoms with Crippen LogP contribution in [0.15, 0.2) is 0 Å². The zero-order valence-electron chi connectivity index (χ0n) is 16.5. The largest absolute Gasteiger partial charge is 0.480 e. The third kappa shape index (κ3) is 4.56. The molecule has 1 fully saturated rings.